The van der Waals surface area contributed by atoms with Crippen LogP contribution < -0.4 is 10.9 Å². The smallest absolute Gasteiger partial charge is 0.317 e. The average molecular weight is 417 g/mol. The zero-order valence-corrected chi connectivity index (χ0v) is 17.7. The zero-order valence-electron chi connectivity index (χ0n) is 17.7. The van der Waals surface area contributed by atoms with Gasteiger partial charge in [0, 0.05) is 42.9 Å². The molecule has 1 aliphatic carbocycles. The molecule has 3 aliphatic rings. The third kappa shape index (κ3) is 3.85. The van der Waals surface area contributed by atoms with Gasteiger partial charge >= 0.3 is 6.03 Å². The minimum Gasteiger partial charge on any atom is -0.335 e. The van der Waals surface area contributed by atoms with Crippen molar-refractivity contribution < 1.29 is 4.79 Å². The van der Waals surface area contributed by atoms with Gasteiger partial charge in [-0.25, -0.2) is 4.79 Å². The number of aromatic nitrogens is 1. The Hall–Kier alpha value is -3.07. The molecule has 2 atom stereocenters. The van der Waals surface area contributed by atoms with Crippen LogP contribution in [0.25, 0.3) is 11.1 Å². The molecule has 0 spiro atoms. The molecule has 1 aromatic carbocycles. The highest BCUT2D eigenvalue weighted by Gasteiger charge is 2.37. The Labute approximate surface area is 182 Å². The molecule has 0 radical (unpaired) electrons. The van der Waals surface area contributed by atoms with Crippen LogP contribution in [0.15, 0.2) is 41.2 Å². The molecule has 2 aliphatic heterocycles. The quantitative estimate of drug-likeness (QED) is 0.808. The number of benzene rings is 1. The predicted molar refractivity (Wildman–Crippen MR) is 119 cm³/mol. The number of rotatable bonds is 2. The lowest BCUT2D eigenvalue weighted by molar-refractivity contribution is 0.127. The van der Waals surface area contributed by atoms with Crippen molar-refractivity contribution in [2.24, 2.45) is 5.92 Å². The number of carbonyl (C=O) groups is 1. The SMILES string of the molecule is N#Cc1cccc(-c2ccc3n(c2=O)C[C@H]2C[C@@H]3CN(C(=O)NC3CCCCC3)C2)c1. The van der Waals surface area contributed by atoms with Crippen LogP contribution in [0.4, 0.5) is 4.79 Å². The van der Waals surface area contributed by atoms with Crippen LogP contribution in [0.3, 0.4) is 0 Å². The van der Waals surface area contributed by atoms with E-state index in [-0.39, 0.29) is 17.5 Å². The number of pyridine rings is 1. The van der Waals surface area contributed by atoms with E-state index in [9.17, 15) is 14.9 Å². The molecule has 31 heavy (non-hydrogen) atoms. The van der Waals surface area contributed by atoms with E-state index in [1.165, 1.54) is 19.3 Å². The lowest BCUT2D eigenvalue weighted by Gasteiger charge is -2.43. The van der Waals surface area contributed by atoms with Gasteiger partial charge in [0.15, 0.2) is 0 Å². The summed E-state index contributed by atoms with van der Waals surface area (Å²) in [5, 5.41) is 12.4. The minimum atomic E-state index is 0.00222. The van der Waals surface area contributed by atoms with Gasteiger partial charge in [-0.05, 0) is 55.0 Å². The van der Waals surface area contributed by atoms with Crippen molar-refractivity contribution >= 4 is 6.03 Å². The molecule has 1 saturated carbocycles. The van der Waals surface area contributed by atoms with Crippen LogP contribution in [-0.4, -0.2) is 34.6 Å². The molecule has 2 amide bonds. The van der Waals surface area contributed by atoms with Gasteiger partial charge in [-0.15, -0.1) is 0 Å². The number of fused-ring (bicyclic) bond motifs is 4. The lowest BCUT2D eigenvalue weighted by Crippen LogP contribution is -2.53. The van der Waals surface area contributed by atoms with E-state index in [1.54, 1.807) is 12.1 Å². The standard InChI is InChI=1S/C25H28N4O2/c26-13-17-5-4-6-19(11-17)22-9-10-23-20-12-18(15-29(23)24(22)30)14-28(16-20)25(31)27-21-7-2-1-3-8-21/h4-6,9-11,18,20-21H,1-3,7-8,12,14-16H2,(H,27,31)/t18-,20+/m0/s1. The highest BCUT2D eigenvalue weighted by molar-refractivity contribution is 5.75. The molecule has 5 rings (SSSR count). The monoisotopic (exact) mass is 416 g/mol. The third-order valence-corrected chi connectivity index (χ3v) is 7.13. The summed E-state index contributed by atoms with van der Waals surface area (Å²) >= 11 is 0. The molecule has 2 fully saturated rings. The molecular formula is C25H28N4O2. The van der Waals surface area contributed by atoms with Gasteiger partial charge in [0.05, 0.1) is 11.6 Å². The van der Waals surface area contributed by atoms with E-state index in [0.29, 0.717) is 42.7 Å². The van der Waals surface area contributed by atoms with Crippen LogP contribution in [0.1, 0.15) is 55.7 Å². The highest BCUT2D eigenvalue weighted by atomic mass is 16.2. The van der Waals surface area contributed by atoms with Gasteiger partial charge < -0.3 is 14.8 Å². The molecule has 6 nitrogen and oxygen atoms in total. The van der Waals surface area contributed by atoms with Gasteiger partial charge in [0.2, 0.25) is 0 Å². The maximum absolute atomic E-state index is 13.3. The maximum Gasteiger partial charge on any atom is 0.317 e. The normalized spacial score (nSPS) is 23.0. The van der Waals surface area contributed by atoms with Crippen molar-refractivity contribution in [3.63, 3.8) is 0 Å². The molecule has 160 valence electrons. The zero-order chi connectivity index (χ0) is 21.4. The summed E-state index contributed by atoms with van der Waals surface area (Å²) in [5.74, 6) is 0.485. The van der Waals surface area contributed by atoms with Gasteiger partial charge in [-0.3, -0.25) is 4.79 Å². The molecule has 3 heterocycles. The summed E-state index contributed by atoms with van der Waals surface area (Å²) in [6, 6.07) is 13.6. The first-order chi connectivity index (χ1) is 15.1. The second kappa shape index (κ2) is 8.22. The second-order valence-corrected chi connectivity index (χ2v) is 9.27. The Morgan fingerprint density at radius 1 is 1.06 bits per heavy atom. The first kappa shape index (κ1) is 19.9. The fourth-order valence-electron chi connectivity index (χ4n) is 5.60. The van der Waals surface area contributed by atoms with E-state index in [1.807, 2.05) is 33.7 Å². The van der Waals surface area contributed by atoms with E-state index < -0.39 is 0 Å². The summed E-state index contributed by atoms with van der Waals surface area (Å²) in [4.78, 5) is 28.2. The number of hydrogen-bond donors (Lipinski definition) is 1. The summed E-state index contributed by atoms with van der Waals surface area (Å²) < 4.78 is 1.91. The molecule has 0 unspecified atom stereocenters. The molecular weight excluding hydrogens is 388 g/mol. The number of piperidine rings is 1. The fraction of sp³-hybridized carbons (Fsp3) is 0.480. The second-order valence-electron chi connectivity index (χ2n) is 9.27. The van der Waals surface area contributed by atoms with Gasteiger partial charge in [0.1, 0.15) is 0 Å². The fourth-order valence-corrected chi connectivity index (χ4v) is 5.60. The number of nitrogens with zero attached hydrogens (tertiary/aromatic N) is 3. The Morgan fingerprint density at radius 2 is 1.90 bits per heavy atom. The Bertz CT molecular complexity index is 1090. The van der Waals surface area contributed by atoms with Crippen LogP contribution in [0, 0.1) is 17.2 Å². The van der Waals surface area contributed by atoms with Crippen LogP contribution >= 0.6 is 0 Å². The van der Waals surface area contributed by atoms with Crippen molar-refractivity contribution in [1.29, 1.82) is 5.26 Å². The Kier molecular flexibility index (Phi) is 5.27. The minimum absolute atomic E-state index is 0.00222. The summed E-state index contributed by atoms with van der Waals surface area (Å²) in [6.07, 6.45) is 6.86. The maximum atomic E-state index is 13.3. The largest absolute Gasteiger partial charge is 0.335 e. The molecule has 1 aromatic heterocycles. The molecule has 2 bridgehead atoms. The lowest BCUT2D eigenvalue weighted by atomic mass is 9.83. The number of hydrogen-bond acceptors (Lipinski definition) is 3. The summed E-state index contributed by atoms with van der Waals surface area (Å²) in [5.41, 5.74) is 2.99. The van der Waals surface area contributed by atoms with Crippen LogP contribution in [-0.2, 0) is 6.54 Å². The molecule has 2 aromatic rings. The van der Waals surface area contributed by atoms with E-state index in [0.717, 1.165) is 30.5 Å². The third-order valence-electron chi connectivity index (χ3n) is 7.13. The van der Waals surface area contributed by atoms with Crippen molar-refractivity contribution in [3.8, 4) is 17.2 Å². The van der Waals surface area contributed by atoms with Gasteiger partial charge in [-0.2, -0.15) is 5.26 Å². The van der Waals surface area contributed by atoms with Gasteiger partial charge in [-0.1, -0.05) is 31.4 Å². The number of urea groups is 1. The molecule has 1 saturated heterocycles. The first-order valence-corrected chi connectivity index (χ1v) is 11.4. The van der Waals surface area contributed by atoms with E-state index in [2.05, 4.69) is 11.4 Å². The number of nitriles is 1. The number of likely N-dealkylation sites (tertiary alicyclic amines) is 1. The topological polar surface area (TPSA) is 78.1 Å². The Balaban J connectivity index is 1.38. The Morgan fingerprint density at radius 3 is 2.71 bits per heavy atom. The number of carbonyl (C=O) groups excluding carboxylic acids is 1. The van der Waals surface area contributed by atoms with Crippen molar-refractivity contribution in [3.05, 3.63) is 58.0 Å². The summed E-state index contributed by atoms with van der Waals surface area (Å²) in [7, 11) is 0. The number of nitrogens with one attached hydrogen (secondary N) is 1. The van der Waals surface area contributed by atoms with Crippen LogP contribution in [0.5, 0.6) is 0 Å². The average Bonchev–Trinajstić information content (AvgIpc) is 2.80. The van der Waals surface area contributed by atoms with E-state index >= 15 is 0 Å². The predicted octanol–water partition coefficient (Wildman–Crippen LogP) is 3.85. The number of amides is 2. The van der Waals surface area contributed by atoms with Crippen molar-refractivity contribution in [2.45, 2.75) is 57.0 Å². The molecule has 1 N–H and O–H groups in total. The van der Waals surface area contributed by atoms with Crippen LogP contribution in [0.2, 0.25) is 0 Å². The van der Waals surface area contributed by atoms with Crippen molar-refractivity contribution in [1.82, 2.24) is 14.8 Å². The first-order valence-electron chi connectivity index (χ1n) is 11.4. The highest BCUT2D eigenvalue weighted by Crippen LogP contribution is 2.36. The van der Waals surface area contributed by atoms with Gasteiger partial charge in [0.25, 0.3) is 5.56 Å². The van der Waals surface area contributed by atoms with E-state index in [4.69, 9.17) is 0 Å². The summed E-state index contributed by atoms with van der Waals surface area (Å²) in [6.45, 7) is 2.01. The molecule has 6 heteroatoms. The van der Waals surface area contributed by atoms with Crippen molar-refractivity contribution in [2.75, 3.05) is 13.1 Å².